The lowest BCUT2D eigenvalue weighted by Crippen LogP contribution is -2.38. The Hall–Kier alpha value is -7.56. The van der Waals surface area contributed by atoms with Gasteiger partial charge in [-0.25, -0.2) is 0 Å². The number of rotatable bonds is 26. The van der Waals surface area contributed by atoms with E-state index in [2.05, 4.69) is 50.0 Å². The van der Waals surface area contributed by atoms with Crippen molar-refractivity contribution in [3.8, 4) is 0 Å². The number of methoxy groups -OCH3 is 1. The van der Waals surface area contributed by atoms with Gasteiger partial charge in [0.15, 0.2) is 0 Å². The van der Waals surface area contributed by atoms with Gasteiger partial charge in [-0.15, -0.1) is 0 Å². The first kappa shape index (κ1) is 65.0. The van der Waals surface area contributed by atoms with E-state index in [0.29, 0.717) is 48.8 Å². The molecule has 0 fully saturated rings. The third kappa shape index (κ3) is 23.0. The highest BCUT2D eigenvalue weighted by atomic mass is 32.2. The van der Waals surface area contributed by atoms with E-state index in [1.165, 1.54) is 44.4 Å². The Morgan fingerprint density at radius 1 is 0.625 bits per heavy atom. The molecule has 0 aliphatic rings. The second kappa shape index (κ2) is 31.9. The Kier molecular flexibility index (Phi) is 25.9. The van der Waals surface area contributed by atoms with Crippen LogP contribution in [0.15, 0.2) is 102 Å². The number of nitrogens with one attached hydrogen (secondary N) is 2. The normalized spacial score (nSPS) is 12.8. The number of aromatic nitrogens is 6. The van der Waals surface area contributed by atoms with E-state index >= 15 is 0 Å². The predicted octanol–water partition coefficient (Wildman–Crippen LogP) is 5.11. The van der Waals surface area contributed by atoms with Crippen LogP contribution in [-0.2, 0) is 62.1 Å². The zero-order chi connectivity index (χ0) is 59.0. The summed E-state index contributed by atoms with van der Waals surface area (Å²) in [6.07, 6.45) is 0.435. The lowest BCUT2D eigenvalue weighted by molar-refractivity contribution is -0.138. The molecule has 0 radical (unpaired) electrons. The van der Waals surface area contributed by atoms with E-state index in [9.17, 15) is 51.4 Å². The van der Waals surface area contributed by atoms with E-state index in [1.807, 2.05) is 60.7 Å². The van der Waals surface area contributed by atoms with Crippen molar-refractivity contribution in [3.63, 3.8) is 0 Å². The summed E-state index contributed by atoms with van der Waals surface area (Å²) in [5.74, 6) is 0.186. The molecule has 4 aromatic carbocycles. The minimum absolute atomic E-state index is 0.0578. The number of hydrogen-bond donors (Lipinski definition) is 7. The van der Waals surface area contributed by atoms with Crippen molar-refractivity contribution in [2.75, 3.05) is 67.4 Å². The standard InChI is InChI=1S/C48H58N10O10S2.2C3H6O2/c1-31(59)26-57(27-32(2)60)47-53-43(22-35-12-8-6-9-13-35)51-45(55-47)49-40-20-18-37(39(24-40)30-69(63,64)65)16-17-38-19-21-41(25-42(38)70(66,67)68-5)50-46-52-44(23-36-14-10-7-11-15-36)54-48(56-46)58(28-33(3)61)29-34(4)62;1-3(4)5-2;1-2-5-3-4/h6-21,24-25,31-34,59-62H,22-23,26-30H2,1-5H3,(H,63,64,65)(H,49,51,53,55)(H,50,52,54,56);1-2H3;3H,2H2,1H3/b17-16+;;. The molecule has 2 heterocycles. The van der Waals surface area contributed by atoms with Gasteiger partial charge in [0.25, 0.3) is 26.7 Å². The number of aliphatic hydroxyl groups excluding tert-OH is 4. The maximum atomic E-state index is 13.5. The zero-order valence-electron chi connectivity index (χ0n) is 45.7. The zero-order valence-corrected chi connectivity index (χ0v) is 47.4. The predicted molar refractivity (Wildman–Crippen MR) is 303 cm³/mol. The summed E-state index contributed by atoms with van der Waals surface area (Å²) >= 11 is 0. The number of benzene rings is 4. The van der Waals surface area contributed by atoms with Crippen molar-refractivity contribution in [1.29, 1.82) is 0 Å². The third-order valence-electron chi connectivity index (χ3n) is 10.7. The molecule has 0 amide bonds. The average Bonchev–Trinajstić information content (AvgIpc) is 3.38. The van der Waals surface area contributed by atoms with Crippen LogP contribution in [0.5, 0.6) is 0 Å². The van der Waals surface area contributed by atoms with Crippen LogP contribution >= 0.6 is 0 Å². The fourth-order valence-corrected chi connectivity index (χ4v) is 8.92. The highest BCUT2D eigenvalue weighted by molar-refractivity contribution is 7.86. The molecule has 0 spiro atoms. The summed E-state index contributed by atoms with van der Waals surface area (Å²) in [4.78, 5) is 49.5. The first-order valence-corrected chi connectivity index (χ1v) is 28.1. The number of ether oxygens (including phenoxy) is 2. The van der Waals surface area contributed by atoms with E-state index in [-0.39, 0.29) is 77.7 Å². The van der Waals surface area contributed by atoms with Crippen LogP contribution in [0.1, 0.15) is 81.0 Å². The highest BCUT2D eigenvalue weighted by Crippen LogP contribution is 2.29. The number of nitrogens with zero attached hydrogens (tertiary/aromatic N) is 8. The molecule has 0 saturated carbocycles. The quantitative estimate of drug-likeness (QED) is 0.0122. The molecule has 0 bridgehead atoms. The van der Waals surface area contributed by atoms with E-state index < -0.39 is 50.4 Å². The molecule has 4 unspecified atom stereocenters. The van der Waals surface area contributed by atoms with Crippen molar-refractivity contribution in [1.82, 2.24) is 29.9 Å². The van der Waals surface area contributed by atoms with Gasteiger partial charge in [-0.05, 0) is 86.7 Å². The molecule has 26 heteroatoms. The SMILES string of the molecule is CCOC=O.COC(C)=O.COS(=O)(=O)c1cc(Nc2nc(Cc3ccccc3)nc(N(CC(C)O)CC(C)O)n2)ccc1/C=C/c1ccc(Nc2nc(Cc3ccccc3)nc(N(CC(C)O)CC(C)O)n2)cc1CS(=O)(=O)O. The van der Waals surface area contributed by atoms with Gasteiger partial charge in [0.2, 0.25) is 23.8 Å². The van der Waals surface area contributed by atoms with E-state index in [0.717, 1.165) is 18.2 Å². The summed E-state index contributed by atoms with van der Waals surface area (Å²) in [5, 5.41) is 47.3. The molecular formula is C54H70N10O14S2. The van der Waals surface area contributed by atoms with Gasteiger partial charge in [0.05, 0.1) is 45.2 Å². The molecule has 2 aromatic heterocycles. The number of aliphatic hydroxyl groups is 4. The van der Waals surface area contributed by atoms with Crippen molar-refractivity contribution in [2.24, 2.45) is 0 Å². The summed E-state index contributed by atoms with van der Waals surface area (Å²) < 4.78 is 74.9. The number of carbonyl (C=O) groups excluding carboxylic acids is 2. The van der Waals surface area contributed by atoms with Gasteiger partial charge < -0.3 is 50.3 Å². The van der Waals surface area contributed by atoms with Crippen LogP contribution in [0.3, 0.4) is 0 Å². The Bertz CT molecular complexity index is 3160. The van der Waals surface area contributed by atoms with Gasteiger partial charge in [0, 0.05) is 57.3 Å². The second-order valence-electron chi connectivity index (χ2n) is 18.1. The molecular weight excluding hydrogens is 1080 g/mol. The molecule has 0 saturated heterocycles. The van der Waals surface area contributed by atoms with Crippen LogP contribution < -0.4 is 20.4 Å². The van der Waals surface area contributed by atoms with Crippen LogP contribution in [0.4, 0.5) is 35.2 Å². The molecule has 6 rings (SSSR count). The van der Waals surface area contributed by atoms with Crippen molar-refractivity contribution < 1.29 is 65.1 Å². The average molecular weight is 1150 g/mol. The van der Waals surface area contributed by atoms with Gasteiger partial charge in [-0.1, -0.05) is 84.9 Å². The summed E-state index contributed by atoms with van der Waals surface area (Å²) in [6.45, 7) is 10.9. The Balaban J connectivity index is 0.00000126. The van der Waals surface area contributed by atoms with Crippen LogP contribution in [0.2, 0.25) is 0 Å². The van der Waals surface area contributed by atoms with Gasteiger partial charge in [0.1, 0.15) is 22.3 Å². The molecule has 432 valence electrons. The fraction of sp³-hybridized carbons (Fsp3) is 0.370. The highest BCUT2D eigenvalue weighted by Gasteiger charge is 2.23. The number of esters is 1. The van der Waals surface area contributed by atoms with E-state index in [1.54, 1.807) is 62.6 Å². The Labute approximate surface area is 466 Å². The summed E-state index contributed by atoms with van der Waals surface area (Å²) in [7, 11) is -6.60. The molecule has 6 aromatic rings. The topological polar surface area (TPSA) is 339 Å². The fourth-order valence-electron chi connectivity index (χ4n) is 7.41. The maximum Gasteiger partial charge on any atom is 0.302 e. The summed E-state index contributed by atoms with van der Waals surface area (Å²) in [6, 6.07) is 28.1. The molecule has 0 aliphatic carbocycles. The molecule has 80 heavy (non-hydrogen) atoms. The van der Waals surface area contributed by atoms with Crippen molar-refractivity contribution in [3.05, 3.63) is 137 Å². The molecule has 24 nitrogen and oxygen atoms in total. The molecule has 0 aliphatic heterocycles. The minimum Gasteiger partial charge on any atom is -0.469 e. The van der Waals surface area contributed by atoms with Crippen molar-refractivity contribution >= 4 is 80.0 Å². The number of carbonyl (C=O) groups is 2. The lowest BCUT2D eigenvalue weighted by atomic mass is 10.1. The molecule has 4 atom stereocenters. The lowest BCUT2D eigenvalue weighted by Gasteiger charge is -2.26. The van der Waals surface area contributed by atoms with Crippen LogP contribution in [-0.4, -0.2) is 156 Å². The Morgan fingerprint density at radius 3 is 1.40 bits per heavy atom. The van der Waals surface area contributed by atoms with E-state index in [4.69, 9.17) is 4.18 Å². The monoisotopic (exact) mass is 1150 g/mol. The van der Waals surface area contributed by atoms with Gasteiger partial charge in [-0.3, -0.25) is 18.3 Å². The first-order valence-electron chi connectivity index (χ1n) is 25.0. The minimum atomic E-state index is -4.59. The Morgan fingerprint density at radius 2 is 1.04 bits per heavy atom. The second-order valence-corrected chi connectivity index (χ2v) is 21.3. The van der Waals surface area contributed by atoms with Crippen LogP contribution in [0.25, 0.3) is 12.2 Å². The number of hydrogen-bond acceptors (Lipinski definition) is 23. The van der Waals surface area contributed by atoms with Crippen molar-refractivity contribution in [2.45, 2.75) is 89.4 Å². The largest absolute Gasteiger partial charge is 0.469 e. The van der Waals surface area contributed by atoms with Crippen LogP contribution in [0, 0.1) is 0 Å². The maximum absolute atomic E-state index is 13.5. The first-order chi connectivity index (χ1) is 37.9. The van der Waals surface area contributed by atoms with Gasteiger partial charge >= 0.3 is 5.97 Å². The number of anilines is 6. The third-order valence-corrected chi connectivity index (χ3v) is 12.7. The summed E-state index contributed by atoms with van der Waals surface area (Å²) in [5.41, 5.74) is 3.03. The smallest absolute Gasteiger partial charge is 0.302 e. The van der Waals surface area contributed by atoms with Gasteiger partial charge in [-0.2, -0.15) is 46.7 Å². The molecule has 7 N–H and O–H groups in total.